The second-order valence-corrected chi connectivity index (χ2v) is 11.0. The number of hydrogen-bond acceptors (Lipinski definition) is 5. The molecule has 3 N–H and O–H groups in total. The number of benzene rings is 2. The van der Waals surface area contributed by atoms with Crippen LogP contribution >= 0.6 is 0 Å². The molecule has 0 aromatic heterocycles. The van der Waals surface area contributed by atoms with E-state index in [9.17, 15) is 13.2 Å². The van der Waals surface area contributed by atoms with Crippen LogP contribution in [0.2, 0.25) is 0 Å². The molecule has 1 saturated heterocycles. The summed E-state index contributed by atoms with van der Waals surface area (Å²) in [5, 5.41) is 2.17. The van der Waals surface area contributed by atoms with E-state index in [0.29, 0.717) is 17.3 Å². The van der Waals surface area contributed by atoms with Gasteiger partial charge in [-0.3, -0.25) is 20.0 Å². The smallest absolute Gasteiger partial charge is 0.245 e. The highest BCUT2D eigenvalue weighted by molar-refractivity contribution is 7.93. The number of amides is 1. The third-order valence-electron chi connectivity index (χ3n) is 5.97. The first-order chi connectivity index (χ1) is 15.0. The minimum Gasteiger partial charge on any atom is -0.324 e. The Morgan fingerprint density at radius 1 is 1.03 bits per heavy atom. The molecule has 0 aliphatic carbocycles. The topological polar surface area (TPSA) is 90.5 Å². The number of rotatable bonds is 7. The summed E-state index contributed by atoms with van der Waals surface area (Å²) in [6, 6.07) is 12.5. The van der Waals surface area contributed by atoms with E-state index in [-0.39, 0.29) is 24.5 Å². The fourth-order valence-electron chi connectivity index (χ4n) is 4.15. The van der Waals surface area contributed by atoms with Crippen molar-refractivity contribution in [3.8, 4) is 0 Å². The zero-order valence-corrected chi connectivity index (χ0v) is 20.5. The van der Waals surface area contributed by atoms with Crippen molar-refractivity contribution in [3.05, 3.63) is 59.2 Å². The van der Waals surface area contributed by atoms with Gasteiger partial charge in [-0.2, -0.15) is 0 Å². The van der Waals surface area contributed by atoms with E-state index in [2.05, 4.69) is 30.0 Å². The number of hydrogen-bond donors (Lipinski definition) is 3. The summed E-state index contributed by atoms with van der Waals surface area (Å²) < 4.78 is 28.7. The Kier molecular flexibility index (Phi) is 7.27. The lowest BCUT2D eigenvalue weighted by Crippen LogP contribution is -2.49. The van der Waals surface area contributed by atoms with E-state index in [4.69, 9.17) is 0 Å². The van der Waals surface area contributed by atoms with Crippen LogP contribution in [0, 0.1) is 13.8 Å². The third kappa shape index (κ3) is 5.14. The summed E-state index contributed by atoms with van der Waals surface area (Å²) in [6.07, 6.45) is 0. The zero-order valence-electron chi connectivity index (χ0n) is 19.6. The van der Waals surface area contributed by atoms with Crippen molar-refractivity contribution in [3.63, 3.8) is 0 Å². The first-order valence-corrected chi connectivity index (χ1v) is 12.5. The van der Waals surface area contributed by atoms with Gasteiger partial charge in [-0.25, -0.2) is 8.42 Å². The summed E-state index contributed by atoms with van der Waals surface area (Å²) in [5.74, 6) is -0.0575. The maximum absolute atomic E-state index is 13.7. The van der Waals surface area contributed by atoms with E-state index in [0.717, 1.165) is 16.7 Å². The Morgan fingerprint density at radius 3 is 2.16 bits per heavy atom. The molecular weight excluding hydrogens is 424 g/mol. The van der Waals surface area contributed by atoms with Crippen molar-refractivity contribution in [1.29, 1.82) is 0 Å². The van der Waals surface area contributed by atoms with Crippen LogP contribution in [-0.4, -0.2) is 38.2 Å². The predicted octanol–water partition coefficient (Wildman–Crippen LogP) is 3.46. The summed E-state index contributed by atoms with van der Waals surface area (Å²) in [6.45, 7) is 11.4. The molecule has 2 aromatic carbocycles. The number of hydrazine groups is 1. The number of anilines is 2. The Labute approximate surface area is 191 Å². The number of aryl methyl sites for hydroxylation is 2. The second kappa shape index (κ2) is 9.60. The van der Waals surface area contributed by atoms with Gasteiger partial charge in [0.15, 0.2) is 0 Å². The second-order valence-electron chi connectivity index (χ2n) is 9.00. The van der Waals surface area contributed by atoms with Crippen LogP contribution in [0.25, 0.3) is 0 Å². The van der Waals surface area contributed by atoms with Gasteiger partial charge in [-0.1, -0.05) is 43.7 Å². The quantitative estimate of drug-likeness (QED) is 0.591. The molecule has 2 atom stereocenters. The van der Waals surface area contributed by atoms with Crippen LogP contribution in [0.3, 0.4) is 0 Å². The molecule has 1 aliphatic heterocycles. The lowest BCUT2D eigenvalue weighted by atomic mass is 10.0. The molecule has 174 valence electrons. The summed E-state index contributed by atoms with van der Waals surface area (Å²) in [7, 11) is -3.84. The maximum atomic E-state index is 13.7. The van der Waals surface area contributed by atoms with E-state index >= 15 is 0 Å². The number of nitrogens with one attached hydrogen (secondary N) is 3. The van der Waals surface area contributed by atoms with E-state index in [1.54, 1.807) is 12.1 Å². The number of carbonyl (C=O) groups is 1. The molecule has 0 bridgehead atoms. The minimum atomic E-state index is -3.84. The molecule has 2 aromatic rings. The van der Waals surface area contributed by atoms with Crippen molar-refractivity contribution in [2.75, 3.05) is 16.2 Å². The Bertz CT molecular complexity index is 1060. The van der Waals surface area contributed by atoms with Crippen LogP contribution in [-0.2, 0) is 14.8 Å². The highest BCUT2D eigenvalue weighted by Gasteiger charge is 2.44. The fourth-order valence-corrected chi connectivity index (χ4v) is 6.33. The number of carbonyl (C=O) groups excluding carboxylic acids is 1. The summed E-state index contributed by atoms with van der Waals surface area (Å²) >= 11 is 0. The molecule has 2 unspecified atom stereocenters. The lowest BCUT2D eigenvalue weighted by molar-refractivity contribution is -0.114. The van der Waals surface area contributed by atoms with Crippen LogP contribution < -0.4 is 20.5 Å². The van der Waals surface area contributed by atoms with Gasteiger partial charge in [0.1, 0.15) is 11.8 Å². The molecule has 7 nitrogen and oxygen atoms in total. The van der Waals surface area contributed by atoms with Gasteiger partial charge in [-0.15, -0.1) is 0 Å². The highest BCUT2D eigenvalue weighted by Crippen LogP contribution is 2.27. The van der Waals surface area contributed by atoms with Gasteiger partial charge in [0, 0.05) is 17.8 Å². The molecule has 32 heavy (non-hydrogen) atoms. The zero-order chi connectivity index (χ0) is 23.6. The van der Waals surface area contributed by atoms with Crippen molar-refractivity contribution in [2.45, 2.75) is 64.8 Å². The molecule has 1 amide bonds. The average Bonchev–Trinajstić information content (AvgIpc) is 3.07. The van der Waals surface area contributed by atoms with E-state index < -0.39 is 15.3 Å². The normalized spacial score (nSPS) is 21.0. The van der Waals surface area contributed by atoms with E-state index in [1.165, 1.54) is 4.31 Å². The van der Waals surface area contributed by atoms with Crippen molar-refractivity contribution in [2.24, 2.45) is 0 Å². The van der Waals surface area contributed by atoms with Crippen LogP contribution in [0.15, 0.2) is 42.5 Å². The van der Waals surface area contributed by atoms with Gasteiger partial charge in [0.2, 0.25) is 15.9 Å². The van der Waals surface area contributed by atoms with Gasteiger partial charge in [0.05, 0.1) is 5.69 Å². The fraction of sp³-hybridized carbons (Fsp3) is 0.458. The molecule has 1 fully saturated rings. The van der Waals surface area contributed by atoms with Gasteiger partial charge in [0.25, 0.3) is 0 Å². The molecule has 8 heteroatoms. The van der Waals surface area contributed by atoms with Gasteiger partial charge < -0.3 is 5.32 Å². The molecule has 1 aliphatic rings. The van der Waals surface area contributed by atoms with Crippen LogP contribution in [0.1, 0.15) is 50.3 Å². The van der Waals surface area contributed by atoms with Gasteiger partial charge in [-0.05, 0) is 62.9 Å². The summed E-state index contributed by atoms with van der Waals surface area (Å²) in [5.41, 5.74) is 10.3. The first kappa shape index (κ1) is 24.2. The van der Waals surface area contributed by atoms with Gasteiger partial charge >= 0.3 is 0 Å². The monoisotopic (exact) mass is 458 g/mol. The van der Waals surface area contributed by atoms with Crippen molar-refractivity contribution < 1.29 is 13.2 Å². The molecule has 3 rings (SSSR count). The van der Waals surface area contributed by atoms with E-state index in [1.807, 2.05) is 58.0 Å². The Morgan fingerprint density at radius 2 is 1.62 bits per heavy atom. The Hall–Kier alpha value is -2.42. The standard InChI is InChI=1S/C24H34N4O3S/c1-15(2)20-8-10-21(11-9-20)28(32(30,31)24-18(5)26-27-19(24)6)14-23(29)25-22-12-7-16(3)13-17(22)4/h7-13,15,18-19,24,26-27H,14H2,1-6H3,(H,25,29). The SMILES string of the molecule is Cc1ccc(NC(=O)CN(c2ccc(C(C)C)cc2)S(=O)(=O)C2C(C)NNC2C)c(C)c1. The number of nitrogens with zero attached hydrogens (tertiary/aromatic N) is 1. The third-order valence-corrected chi connectivity index (χ3v) is 8.43. The van der Waals surface area contributed by atoms with Crippen LogP contribution in [0.4, 0.5) is 11.4 Å². The maximum Gasteiger partial charge on any atom is 0.245 e. The minimum absolute atomic E-state index is 0.296. The summed E-state index contributed by atoms with van der Waals surface area (Å²) in [4.78, 5) is 13.0. The van der Waals surface area contributed by atoms with Crippen molar-refractivity contribution >= 4 is 27.3 Å². The lowest BCUT2D eigenvalue weighted by Gasteiger charge is -2.30. The predicted molar refractivity (Wildman–Crippen MR) is 130 cm³/mol. The van der Waals surface area contributed by atoms with Crippen molar-refractivity contribution in [1.82, 2.24) is 10.9 Å². The molecule has 0 radical (unpaired) electrons. The Balaban J connectivity index is 1.93. The average molecular weight is 459 g/mol. The largest absolute Gasteiger partial charge is 0.324 e. The molecule has 1 heterocycles. The molecule has 0 spiro atoms. The molecular formula is C24H34N4O3S. The van der Waals surface area contributed by atoms with Crippen LogP contribution in [0.5, 0.6) is 0 Å². The first-order valence-electron chi connectivity index (χ1n) is 11.0. The number of sulfonamides is 1. The molecule has 0 saturated carbocycles. The highest BCUT2D eigenvalue weighted by atomic mass is 32.2.